The molecule has 2 aromatic carbocycles. The summed E-state index contributed by atoms with van der Waals surface area (Å²) in [4.78, 5) is 31.1. The number of carbonyl (C=O) groups excluding carboxylic acids is 1. The maximum atomic E-state index is 13.4. The molecule has 0 saturated heterocycles. The van der Waals surface area contributed by atoms with E-state index >= 15 is 0 Å². The quantitative estimate of drug-likeness (QED) is 0.430. The van der Waals surface area contributed by atoms with E-state index in [2.05, 4.69) is 32.2 Å². The van der Waals surface area contributed by atoms with Gasteiger partial charge in [0.1, 0.15) is 0 Å². The zero-order chi connectivity index (χ0) is 24.1. The highest BCUT2D eigenvalue weighted by Crippen LogP contribution is 2.65. The standard InChI is InChI=1S/C27H28N4O2S/c1-26(2)18-12-13-27(26,3)22(14-18)30-23(32)16-34-25-29-21-7-5-4-6-20(21)24(33)31(25)19-10-8-17(15-28)9-11-19/h4-11,18,22H,12-14,16H2,1-3H3,(H,30,32)/t18-,22+,27-/m0/s1. The van der Waals surface area contributed by atoms with Crippen LogP contribution in [0.2, 0.25) is 0 Å². The fourth-order valence-corrected chi connectivity index (χ4v) is 6.73. The summed E-state index contributed by atoms with van der Waals surface area (Å²) in [6.45, 7) is 6.98. The van der Waals surface area contributed by atoms with E-state index in [9.17, 15) is 9.59 Å². The third-order valence-corrected chi connectivity index (χ3v) is 9.40. The largest absolute Gasteiger partial charge is 0.352 e. The number of hydrogen-bond donors (Lipinski definition) is 1. The zero-order valence-electron chi connectivity index (χ0n) is 19.7. The predicted molar refractivity (Wildman–Crippen MR) is 134 cm³/mol. The summed E-state index contributed by atoms with van der Waals surface area (Å²) in [5.41, 5.74) is 1.88. The Balaban J connectivity index is 1.42. The van der Waals surface area contributed by atoms with Crippen molar-refractivity contribution >= 4 is 28.6 Å². The predicted octanol–water partition coefficient (Wildman–Crippen LogP) is 4.68. The summed E-state index contributed by atoms with van der Waals surface area (Å²) in [7, 11) is 0. The lowest BCUT2D eigenvalue weighted by Crippen LogP contribution is -2.47. The fraction of sp³-hybridized carbons (Fsp3) is 0.407. The smallest absolute Gasteiger partial charge is 0.266 e. The first-order valence-electron chi connectivity index (χ1n) is 11.7. The van der Waals surface area contributed by atoms with Crippen molar-refractivity contribution in [2.75, 3.05) is 5.75 Å². The van der Waals surface area contributed by atoms with Crippen LogP contribution in [0.1, 0.15) is 45.6 Å². The number of para-hydroxylation sites is 1. The Labute approximate surface area is 203 Å². The number of amides is 1. The molecule has 1 heterocycles. The Hall–Kier alpha value is -3.11. The lowest BCUT2D eigenvalue weighted by Gasteiger charge is -2.39. The van der Waals surface area contributed by atoms with Crippen LogP contribution in [0.25, 0.3) is 16.6 Å². The Kier molecular flexibility index (Phi) is 5.52. The summed E-state index contributed by atoms with van der Waals surface area (Å²) < 4.78 is 1.53. The maximum absolute atomic E-state index is 13.4. The van der Waals surface area contributed by atoms with Gasteiger partial charge in [-0.2, -0.15) is 5.26 Å². The molecule has 5 rings (SSSR count). The Morgan fingerprint density at radius 2 is 1.94 bits per heavy atom. The van der Waals surface area contributed by atoms with Gasteiger partial charge in [-0.05, 0) is 72.4 Å². The van der Waals surface area contributed by atoms with Crippen molar-refractivity contribution in [2.24, 2.45) is 16.7 Å². The number of nitriles is 1. The Bertz CT molecular complexity index is 1370. The van der Waals surface area contributed by atoms with E-state index in [1.54, 1.807) is 30.3 Å². The second-order valence-corrected chi connectivity index (χ2v) is 11.2. The van der Waals surface area contributed by atoms with Gasteiger partial charge in [-0.3, -0.25) is 14.2 Å². The molecule has 1 aromatic heterocycles. The summed E-state index contributed by atoms with van der Waals surface area (Å²) in [6, 6.07) is 16.3. The SMILES string of the molecule is CC1(C)[C@H]2CC[C@@]1(C)[C@H](NC(=O)CSc1nc3ccccc3c(=O)n1-c1ccc(C#N)cc1)C2. The number of rotatable bonds is 5. The van der Waals surface area contributed by atoms with Gasteiger partial charge in [0, 0.05) is 6.04 Å². The van der Waals surface area contributed by atoms with E-state index in [1.807, 2.05) is 18.2 Å². The highest BCUT2D eigenvalue weighted by molar-refractivity contribution is 7.99. The van der Waals surface area contributed by atoms with Gasteiger partial charge < -0.3 is 5.32 Å². The number of nitrogens with one attached hydrogen (secondary N) is 1. The van der Waals surface area contributed by atoms with Crippen LogP contribution >= 0.6 is 11.8 Å². The molecule has 0 spiro atoms. The topological polar surface area (TPSA) is 87.8 Å². The van der Waals surface area contributed by atoms with E-state index in [-0.39, 0.29) is 34.1 Å². The number of benzene rings is 2. The average molecular weight is 473 g/mol. The normalized spacial score (nSPS) is 24.8. The van der Waals surface area contributed by atoms with Crippen molar-refractivity contribution in [3.63, 3.8) is 0 Å². The maximum Gasteiger partial charge on any atom is 0.266 e. The summed E-state index contributed by atoms with van der Waals surface area (Å²) >= 11 is 1.27. The minimum atomic E-state index is -0.194. The number of hydrogen-bond acceptors (Lipinski definition) is 5. The number of fused-ring (bicyclic) bond motifs is 3. The number of nitrogens with zero attached hydrogens (tertiary/aromatic N) is 3. The van der Waals surface area contributed by atoms with Gasteiger partial charge in [0.15, 0.2) is 5.16 Å². The summed E-state index contributed by atoms with van der Waals surface area (Å²) in [6.07, 6.45) is 3.42. The Morgan fingerprint density at radius 3 is 2.59 bits per heavy atom. The van der Waals surface area contributed by atoms with Crippen LogP contribution in [0.3, 0.4) is 0 Å². The molecule has 2 aliphatic rings. The molecular formula is C27H28N4O2S. The molecule has 2 saturated carbocycles. The first kappa shape index (κ1) is 22.7. The first-order valence-corrected chi connectivity index (χ1v) is 12.7. The lowest BCUT2D eigenvalue weighted by molar-refractivity contribution is -0.120. The number of aromatic nitrogens is 2. The van der Waals surface area contributed by atoms with E-state index in [0.29, 0.717) is 33.2 Å². The van der Waals surface area contributed by atoms with Gasteiger partial charge >= 0.3 is 0 Å². The van der Waals surface area contributed by atoms with Crippen LogP contribution in [0, 0.1) is 28.1 Å². The molecule has 0 unspecified atom stereocenters. The van der Waals surface area contributed by atoms with Gasteiger partial charge in [-0.25, -0.2) is 4.98 Å². The molecule has 0 aliphatic heterocycles. The van der Waals surface area contributed by atoms with Crippen molar-refractivity contribution in [3.8, 4) is 11.8 Å². The van der Waals surface area contributed by atoms with Crippen LogP contribution in [-0.4, -0.2) is 27.3 Å². The van der Waals surface area contributed by atoms with E-state index in [0.717, 1.165) is 12.8 Å². The third kappa shape index (κ3) is 3.52. The highest BCUT2D eigenvalue weighted by atomic mass is 32.2. The van der Waals surface area contributed by atoms with E-state index in [1.165, 1.54) is 22.7 Å². The molecule has 2 fully saturated rings. The van der Waals surface area contributed by atoms with E-state index < -0.39 is 0 Å². The molecule has 2 aliphatic carbocycles. The molecule has 1 amide bonds. The number of carbonyl (C=O) groups is 1. The lowest BCUT2D eigenvalue weighted by atomic mass is 9.69. The molecule has 34 heavy (non-hydrogen) atoms. The van der Waals surface area contributed by atoms with Crippen LogP contribution in [0.5, 0.6) is 0 Å². The second kappa shape index (κ2) is 8.28. The first-order chi connectivity index (χ1) is 16.2. The minimum Gasteiger partial charge on any atom is -0.352 e. The fourth-order valence-electron chi connectivity index (χ4n) is 5.91. The van der Waals surface area contributed by atoms with Gasteiger partial charge in [0.05, 0.1) is 34.0 Å². The molecule has 7 heteroatoms. The van der Waals surface area contributed by atoms with Crippen LogP contribution in [0.4, 0.5) is 0 Å². The zero-order valence-corrected chi connectivity index (χ0v) is 20.5. The van der Waals surface area contributed by atoms with Crippen molar-refractivity contribution in [2.45, 2.75) is 51.2 Å². The minimum absolute atomic E-state index is 0.0339. The van der Waals surface area contributed by atoms with Gasteiger partial charge in [-0.1, -0.05) is 44.7 Å². The van der Waals surface area contributed by atoms with Gasteiger partial charge in [-0.15, -0.1) is 0 Å². The van der Waals surface area contributed by atoms with Crippen LogP contribution in [-0.2, 0) is 4.79 Å². The molecule has 3 aromatic rings. The molecular weight excluding hydrogens is 444 g/mol. The van der Waals surface area contributed by atoms with Crippen molar-refractivity contribution in [3.05, 3.63) is 64.4 Å². The van der Waals surface area contributed by atoms with Crippen molar-refractivity contribution in [1.29, 1.82) is 5.26 Å². The third-order valence-electron chi connectivity index (χ3n) is 8.46. The van der Waals surface area contributed by atoms with E-state index in [4.69, 9.17) is 10.2 Å². The number of thioether (sulfide) groups is 1. The van der Waals surface area contributed by atoms with Crippen LogP contribution < -0.4 is 10.9 Å². The Morgan fingerprint density at radius 1 is 1.21 bits per heavy atom. The molecule has 2 bridgehead atoms. The molecule has 0 radical (unpaired) electrons. The van der Waals surface area contributed by atoms with Crippen molar-refractivity contribution < 1.29 is 4.79 Å². The molecule has 1 N–H and O–H groups in total. The highest BCUT2D eigenvalue weighted by Gasteiger charge is 2.61. The van der Waals surface area contributed by atoms with Gasteiger partial charge in [0.2, 0.25) is 5.91 Å². The van der Waals surface area contributed by atoms with Gasteiger partial charge in [0.25, 0.3) is 5.56 Å². The summed E-state index contributed by atoms with van der Waals surface area (Å²) in [5, 5.41) is 13.4. The molecule has 174 valence electrons. The molecule has 6 nitrogen and oxygen atoms in total. The monoisotopic (exact) mass is 472 g/mol. The van der Waals surface area contributed by atoms with Crippen molar-refractivity contribution in [1.82, 2.24) is 14.9 Å². The average Bonchev–Trinajstić information content (AvgIpc) is 3.17. The summed E-state index contributed by atoms with van der Waals surface area (Å²) in [5.74, 6) is 0.797. The molecule has 3 atom stereocenters. The van der Waals surface area contributed by atoms with Crippen LogP contribution in [0.15, 0.2) is 58.5 Å². The second-order valence-electron chi connectivity index (χ2n) is 10.2.